The van der Waals surface area contributed by atoms with E-state index < -0.39 is 182 Å². The summed E-state index contributed by atoms with van der Waals surface area (Å²) in [7, 11) is 0. The second-order valence-electron chi connectivity index (χ2n) is 12.9. The normalized spacial score (nSPS) is 18.0. The highest BCUT2D eigenvalue weighted by Gasteiger charge is 2.46. The van der Waals surface area contributed by atoms with Gasteiger partial charge in [0.15, 0.2) is 5.82 Å². The van der Waals surface area contributed by atoms with Crippen LogP contribution in [0, 0.1) is 0 Å². The Hall–Kier alpha value is -6.94. The molecule has 11 rings (SSSR count). The van der Waals surface area contributed by atoms with Gasteiger partial charge in [-0.3, -0.25) is 0 Å². The van der Waals surface area contributed by atoms with Crippen molar-refractivity contribution in [3.63, 3.8) is 0 Å². The van der Waals surface area contributed by atoms with Crippen molar-refractivity contribution in [2.75, 3.05) is 0 Å². The number of nitrogens with zero attached hydrogens (tertiary/aromatic N) is 2. The van der Waals surface area contributed by atoms with E-state index in [1.54, 1.807) is 30.3 Å². The van der Waals surface area contributed by atoms with Crippen LogP contribution in [-0.2, 0) is 5.41 Å². The zero-order chi connectivity index (χ0) is 55.3. The molecular formula is C53H34N2S. The third-order valence-corrected chi connectivity index (χ3v) is 11.1. The first-order chi connectivity index (χ1) is 36.5. The van der Waals surface area contributed by atoms with Crippen LogP contribution in [0.2, 0.25) is 0 Å². The molecule has 2 aromatic heterocycles. The van der Waals surface area contributed by atoms with E-state index in [0.29, 0.717) is 11.1 Å². The largest absolute Gasteiger partial charge is 0.228 e. The lowest BCUT2D eigenvalue weighted by Gasteiger charge is -2.34. The van der Waals surface area contributed by atoms with Crippen LogP contribution in [0.15, 0.2) is 206 Å². The van der Waals surface area contributed by atoms with Crippen molar-refractivity contribution in [1.29, 1.82) is 0 Å². The summed E-state index contributed by atoms with van der Waals surface area (Å²) in [6.45, 7) is 0. The molecule has 0 radical (unpaired) electrons. The minimum absolute atomic E-state index is 0.0853. The third kappa shape index (κ3) is 5.02. The third-order valence-electron chi connectivity index (χ3n) is 9.88. The van der Waals surface area contributed by atoms with Gasteiger partial charge in [-0.05, 0) is 62.7 Å². The van der Waals surface area contributed by atoms with Gasteiger partial charge in [-0.25, -0.2) is 9.97 Å². The van der Waals surface area contributed by atoms with Gasteiger partial charge in [-0.1, -0.05) is 188 Å². The monoisotopic (exact) mass is 751 g/mol. The van der Waals surface area contributed by atoms with E-state index in [1.165, 1.54) is 17.4 Å². The maximum Gasteiger partial charge on any atom is 0.160 e. The number of rotatable bonds is 6. The summed E-state index contributed by atoms with van der Waals surface area (Å²) in [5.74, 6) is 0.0853. The Kier molecular flexibility index (Phi) is 4.14. The highest BCUT2D eigenvalue weighted by Crippen LogP contribution is 2.57. The van der Waals surface area contributed by atoms with E-state index in [-0.39, 0.29) is 17.2 Å². The molecule has 3 heteroatoms. The molecule has 262 valence electrons. The van der Waals surface area contributed by atoms with Gasteiger partial charge in [0.25, 0.3) is 0 Å². The smallest absolute Gasteiger partial charge is 0.160 e. The van der Waals surface area contributed by atoms with Crippen LogP contribution in [-0.4, -0.2) is 9.97 Å². The minimum atomic E-state index is -3.14. The molecule has 0 spiro atoms. The van der Waals surface area contributed by atoms with Crippen LogP contribution in [0.5, 0.6) is 0 Å². The Morgan fingerprint density at radius 1 is 0.446 bits per heavy atom. The maximum absolute atomic E-state index is 10.5. The first kappa shape index (κ1) is 17.7. The van der Waals surface area contributed by atoms with Crippen LogP contribution in [0.25, 0.3) is 76.3 Å². The van der Waals surface area contributed by atoms with E-state index in [9.17, 15) is 15.1 Å². The van der Waals surface area contributed by atoms with Gasteiger partial charge in [0.2, 0.25) is 0 Å². The summed E-state index contributed by atoms with van der Waals surface area (Å²) in [5, 5.41) is 1.87. The topological polar surface area (TPSA) is 25.8 Å². The van der Waals surface area contributed by atoms with Crippen LogP contribution >= 0.6 is 11.3 Å². The molecule has 1 aliphatic rings. The Balaban J connectivity index is 1.36. The van der Waals surface area contributed by atoms with E-state index in [0.717, 1.165) is 20.2 Å². The maximum atomic E-state index is 10.5. The van der Waals surface area contributed by atoms with Gasteiger partial charge in [-0.15, -0.1) is 11.3 Å². The molecule has 0 saturated carbocycles. The fourth-order valence-corrected chi connectivity index (χ4v) is 8.70. The molecular weight excluding hydrogens is 697 g/mol. The van der Waals surface area contributed by atoms with Gasteiger partial charge in [0.1, 0.15) is 0 Å². The second kappa shape index (κ2) is 13.1. The molecule has 0 atom stereocenters. The number of benzene rings is 8. The average molecular weight is 752 g/mol. The molecule has 0 N–H and O–H groups in total. The summed E-state index contributed by atoms with van der Waals surface area (Å²) >= 11 is 1.49. The molecule has 2 heterocycles. The number of aromatic nitrogens is 2. The summed E-state index contributed by atoms with van der Waals surface area (Å²) in [6.07, 6.45) is 0. The van der Waals surface area contributed by atoms with Gasteiger partial charge >= 0.3 is 0 Å². The lowest BCUT2D eigenvalue weighted by Crippen LogP contribution is -2.28. The van der Waals surface area contributed by atoms with E-state index in [1.807, 2.05) is 42.5 Å². The summed E-state index contributed by atoms with van der Waals surface area (Å²) in [6, 6.07) is 3.20. The van der Waals surface area contributed by atoms with Crippen molar-refractivity contribution in [2.24, 2.45) is 0 Å². The average Bonchev–Trinajstić information content (AvgIpc) is 4.03. The predicted molar refractivity (Wildman–Crippen MR) is 234 cm³/mol. The molecule has 10 aromatic rings. The van der Waals surface area contributed by atoms with E-state index in [2.05, 4.69) is 0 Å². The minimum Gasteiger partial charge on any atom is -0.228 e. The first-order valence-electron chi connectivity index (χ1n) is 27.9. The number of thiophene rings is 1. The molecule has 0 aliphatic heterocycles. The summed E-state index contributed by atoms with van der Waals surface area (Å²) < 4.78 is 197. The molecule has 0 amide bonds. The molecule has 56 heavy (non-hydrogen) atoms. The molecule has 1 aliphatic carbocycles. The fraction of sp³-hybridized carbons (Fsp3) is 0.0189. The zero-order valence-electron chi connectivity index (χ0n) is 49.8. The lowest BCUT2D eigenvalue weighted by molar-refractivity contribution is 0.769. The quantitative estimate of drug-likeness (QED) is 0.169. The summed E-state index contributed by atoms with van der Waals surface area (Å²) in [4.78, 5) is 9.90. The zero-order valence-corrected chi connectivity index (χ0v) is 29.6. The van der Waals surface area contributed by atoms with Crippen molar-refractivity contribution < 1.29 is 28.8 Å². The molecule has 2 nitrogen and oxygen atoms in total. The van der Waals surface area contributed by atoms with Crippen molar-refractivity contribution in [3.05, 3.63) is 228 Å². The van der Waals surface area contributed by atoms with Crippen molar-refractivity contribution >= 4 is 31.5 Å². The summed E-state index contributed by atoms with van der Waals surface area (Å²) in [5.41, 5.74) is -8.50. The predicted octanol–water partition coefficient (Wildman–Crippen LogP) is 13.9. The van der Waals surface area contributed by atoms with Crippen molar-refractivity contribution in [1.82, 2.24) is 9.97 Å². The van der Waals surface area contributed by atoms with Gasteiger partial charge in [0.05, 0.1) is 45.6 Å². The highest BCUT2D eigenvalue weighted by atomic mass is 32.1. The molecule has 0 fully saturated rings. The van der Waals surface area contributed by atoms with Gasteiger partial charge in [-0.2, -0.15) is 0 Å². The standard InChI is InChI=1S/C53H34N2S/c1-4-17-35(18-5-1)52-54-48(34-49(55-52)45-28-16-27-44-43-26-13-15-30-50(43)56-51(44)45)42-25-11-10-23-39(42)36-31-32-41-40-24-12-14-29-46(40)53(47(41)33-36,37-19-6-2-7-20-37)38-21-8-3-9-22-38/h1-34H/i2D,3D,6D,7D,8D,9D,10D,11D,12D,14D,19D,20D,21D,22D,23D,24D,25D,29D,31D,32D,33D. The highest BCUT2D eigenvalue weighted by molar-refractivity contribution is 7.26. The molecule has 8 aromatic carbocycles. The van der Waals surface area contributed by atoms with Crippen molar-refractivity contribution in [2.45, 2.75) is 5.41 Å². The van der Waals surface area contributed by atoms with E-state index >= 15 is 0 Å². The van der Waals surface area contributed by atoms with Crippen LogP contribution < -0.4 is 0 Å². The Morgan fingerprint density at radius 2 is 1.05 bits per heavy atom. The van der Waals surface area contributed by atoms with Gasteiger partial charge in [0, 0.05) is 36.9 Å². The number of hydrogen-bond acceptors (Lipinski definition) is 3. The molecule has 0 unspecified atom stereocenters. The SMILES string of the molecule is [2H]c1c([2H])c([2H])c(C2(c3c([2H])c([2H])c([2H])c([2H])c3[2H])c3c([2H])c([2H])c([2H])c([2H])c3-c3c([2H])c([2H])c(-c4c([2H])c([2H])c([2H])c([2H])c4-c4cc(-c5cccc6c5sc5ccccc56)nc(-c5ccccc5)n4)c([2H])c32)c([2H])c1[2H]. The van der Waals surface area contributed by atoms with Gasteiger partial charge < -0.3 is 0 Å². The van der Waals surface area contributed by atoms with Crippen LogP contribution in [0.4, 0.5) is 0 Å². The molecule has 0 bridgehead atoms. The van der Waals surface area contributed by atoms with Crippen LogP contribution in [0.3, 0.4) is 0 Å². The van der Waals surface area contributed by atoms with E-state index in [4.69, 9.17) is 23.7 Å². The second-order valence-corrected chi connectivity index (χ2v) is 13.9. The Bertz CT molecular complexity index is 4180. The number of hydrogen-bond donors (Lipinski definition) is 0. The molecule has 0 saturated heterocycles. The Labute approximate surface area is 359 Å². The van der Waals surface area contributed by atoms with Crippen LogP contribution in [0.1, 0.15) is 51.0 Å². The first-order valence-corrected chi connectivity index (χ1v) is 18.2. The Morgan fingerprint density at radius 3 is 1.82 bits per heavy atom. The lowest BCUT2D eigenvalue weighted by atomic mass is 9.67. The fourth-order valence-electron chi connectivity index (χ4n) is 7.48. The van der Waals surface area contributed by atoms with Crippen molar-refractivity contribution in [3.8, 4) is 56.2 Å². The number of fused-ring (bicyclic) bond motifs is 6.